The smallest absolute Gasteiger partial charge is 0.309 e. The molecule has 0 aliphatic heterocycles. The number of carbonyl (C=O) groups is 2. The van der Waals surface area contributed by atoms with E-state index in [-0.39, 0.29) is 12.3 Å². The Balaban J connectivity index is 1.61. The number of nitriles is 1. The van der Waals surface area contributed by atoms with Crippen LogP contribution in [0.25, 0.3) is 17.2 Å². The maximum atomic E-state index is 13.3. The minimum atomic E-state index is -1.04. The molecule has 0 spiro atoms. The molecule has 2 atom stereocenters. The normalized spacial score (nSPS) is 12.4. The van der Waals surface area contributed by atoms with Gasteiger partial charge in [0.25, 0.3) is 5.91 Å². The molecule has 0 saturated heterocycles. The maximum absolute atomic E-state index is 13.3. The molecule has 2 N–H and O–H groups in total. The van der Waals surface area contributed by atoms with Gasteiger partial charge in [-0.15, -0.1) is 0 Å². The number of nitrogens with zero attached hydrogens (tertiary/aromatic N) is 1. The summed E-state index contributed by atoms with van der Waals surface area (Å²) in [5, 5.41) is 22.4. The predicted octanol–water partition coefficient (Wildman–Crippen LogP) is 6.54. The number of rotatable bonds is 10. The number of carbonyl (C=O) groups excluding carboxylic acids is 1. The average Bonchev–Trinajstić information content (AvgIpc) is 2.98. The molecular formula is C34H30N2O3. The summed E-state index contributed by atoms with van der Waals surface area (Å²) in [5.74, 6) is -2.34. The van der Waals surface area contributed by atoms with E-state index >= 15 is 0 Å². The minimum Gasteiger partial charge on any atom is -0.481 e. The third-order valence-electron chi connectivity index (χ3n) is 6.71. The van der Waals surface area contributed by atoms with Gasteiger partial charge >= 0.3 is 5.97 Å². The zero-order valence-corrected chi connectivity index (χ0v) is 21.7. The SMILES string of the molecule is CCc1ccccc1-c1ccc(C(=O)N[C@H](/C=C/c2ccccc2)[C@@H](Cc2cccc(C#N)c2)C(=O)O)cc1. The first-order valence-electron chi connectivity index (χ1n) is 12.9. The highest BCUT2D eigenvalue weighted by Crippen LogP contribution is 2.25. The Labute approximate surface area is 229 Å². The van der Waals surface area contributed by atoms with Gasteiger partial charge in [0.2, 0.25) is 0 Å². The van der Waals surface area contributed by atoms with Crippen molar-refractivity contribution in [2.24, 2.45) is 5.92 Å². The van der Waals surface area contributed by atoms with Gasteiger partial charge in [-0.2, -0.15) is 5.26 Å². The molecule has 0 aliphatic carbocycles. The molecule has 5 heteroatoms. The van der Waals surface area contributed by atoms with Gasteiger partial charge < -0.3 is 10.4 Å². The lowest BCUT2D eigenvalue weighted by Crippen LogP contribution is -2.43. The molecule has 5 nitrogen and oxygen atoms in total. The number of aliphatic carboxylic acids is 1. The number of aryl methyl sites for hydroxylation is 1. The fraction of sp³-hybridized carbons (Fsp3) is 0.147. The van der Waals surface area contributed by atoms with Gasteiger partial charge in [-0.1, -0.05) is 97.9 Å². The van der Waals surface area contributed by atoms with E-state index in [1.54, 1.807) is 42.5 Å². The van der Waals surface area contributed by atoms with Gasteiger partial charge in [-0.05, 0) is 64.9 Å². The summed E-state index contributed by atoms with van der Waals surface area (Å²) in [6, 6.07) is 33.2. The van der Waals surface area contributed by atoms with E-state index < -0.39 is 17.9 Å². The van der Waals surface area contributed by atoms with E-state index in [0.717, 1.165) is 23.1 Å². The van der Waals surface area contributed by atoms with E-state index in [4.69, 9.17) is 0 Å². The van der Waals surface area contributed by atoms with Crippen molar-refractivity contribution in [3.8, 4) is 17.2 Å². The number of nitrogens with one attached hydrogen (secondary N) is 1. The van der Waals surface area contributed by atoms with Crippen LogP contribution in [0, 0.1) is 17.2 Å². The maximum Gasteiger partial charge on any atom is 0.309 e. The molecule has 0 radical (unpaired) electrons. The Kier molecular flexibility index (Phi) is 9.05. The summed E-state index contributed by atoms with van der Waals surface area (Å²) in [6.45, 7) is 2.11. The quantitative estimate of drug-likeness (QED) is 0.251. The summed E-state index contributed by atoms with van der Waals surface area (Å²) in [6.07, 6.45) is 4.60. The Morgan fingerprint density at radius 2 is 1.64 bits per heavy atom. The molecule has 0 unspecified atom stereocenters. The van der Waals surface area contributed by atoms with Gasteiger partial charge in [-0.25, -0.2) is 0 Å². The summed E-state index contributed by atoms with van der Waals surface area (Å²) < 4.78 is 0. The monoisotopic (exact) mass is 514 g/mol. The van der Waals surface area contributed by atoms with Crippen molar-refractivity contribution >= 4 is 18.0 Å². The van der Waals surface area contributed by atoms with Crippen molar-refractivity contribution in [3.05, 3.63) is 137 Å². The third-order valence-corrected chi connectivity index (χ3v) is 6.71. The fourth-order valence-corrected chi connectivity index (χ4v) is 4.60. The van der Waals surface area contributed by atoms with Crippen molar-refractivity contribution in [2.75, 3.05) is 0 Å². The van der Waals surface area contributed by atoms with E-state index in [1.165, 1.54) is 5.56 Å². The lowest BCUT2D eigenvalue weighted by Gasteiger charge is -2.23. The lowest BCUT2D eigenvalue weighted by molar-refractivity contribution is -0.142. The lowest BCUT2D eigenvalue weighted by atomic mass is 9.90. The van der Waals surface area contributed by atoms with Gasteiger partial charge in [0, 0.05) is 5.56 Å². The molecule has 4 aromatic rings. The standard InChI is InChI=1S/C34H30N2O3/c1-2-27-13-6-7-14-30(27)28-16-18-29(19-17-28)33(37)36-32(20-15-24-9-4-3-5-10-24)31(34(38)39)22-25-11-8-12-26(21-25)23-35/h3-21,31-32H,2,22H2,1H3,(H,36,37)(H,38,39)/b20-15+/t31-,32-/m1/s1. The van der Waals surface area contributed by atoms with Gasteiger partial charge in [0.1, 0.15) is 0 Å². The minimum absolute atomic E-state index is 0.154. The van der Waals surface area contributed by atoms with Crippen LogP contribution in [0.1, 0.15) is 39.5 Å². The topological polar surface area (TPSA) is 90.2 Å². The van der Waals surface area contributed by atoms with Crippen LogP contribution in [0.5, 0.6) is 0 Å². The van der Waals surface area contributed by atoms with E-state index in [9.17, 15) is 20.0 Å². The highest BCUT2D eigenvalue weighted by molar-refractivity contribution is 5.95. The molecule has 0 heterocycles. The Hall–Kier alpha value is -4.95. The van der Waals surface area contributed by atoms with Crippen LogP contribution in [-0.4, -0.2) is 23.0 Å². The fourth-order valence-electron chi connectivity index (χ4n) is 4.60. The predicted molar refractivity (Wildman–Crippen MR) is 154 cm³/mol. The van der Waals surface area contributed by atoms with E-state index in [0.29, 0.717) is 16.7 Å². The Bertz CT molecular complexity index is 1500. The van der Waals surface area contributed by atoms with Gasteiger partial charge in [0.05, 0.1) is 23.6 Å². The zero-order valence-electron chi connectivity index (χ0n) is 21.7. The second-order valence-corrected chi connectivity index (χ2v) is 9.32. The molecule has 0 bridgehead atoms. The first-order valence-corrected chi connectivity index (χ1v) is 12.9. The highest BCUT2D eigenvalue weighted by Gasteiger charge is 2.28. The highest BCUT2D eigenvalue weighted by atomic mass is 16.4. The van der Waals surface area contributed by atoms with Gasteiger partial charge in [0.15, 0.2) is 0 Å². The van der Waals surface area contributed by atoms with Crippen LogP contribution >= 0.6 is 0 Å². The van der Waals surface area contributed by atoms with E-state index in [2.05, 4.69) is 30.4 Å². The third kappa shape index (κ3) is 7.09. The van der Waals surface area contributed by atoms with Crippen molar-refractivity contribution in [1.82, 2.24) is 5.32 Å². The van der Waals surface area contributed by atoms with Crippen LogP contribution in [-0.2, 0) is 17.6 Å². The molecule has 0 saturated carbocycles. The van der Waals surface area contributed by atoms with Crippen LogP contribution in [0.4, 0.5) is 0 Å². The van der Waals surface area contributed by atoms with Crippen molar-refractivity contribution in [1.29, 1.82) is 5.26 Å². The molecule has 0 aromatic heterocycles. The molecule has 1 amide bonds. The Morgan fingerprint density at radius 1 is 0.923 bits per heavy atom. The molecule has 0 fully saturated rings. The zero-order chi connectivity index (χ0) is 27.6. The van der Waals surface area contributed by atoms with Crippen LogP contribution in [0.3, 0.4) is 0 Å². The number of hydrogen-bond donors (Lipinski definition) is 2. The summed E-state index contributed by atoms with van der Waals surface area (Å²) >= 11 is 0. The number of amides is 1. The van der Waals surface area contributed by atoms with E-state index in [1.807, 2.05) is 60.7 Å². The average molecular weight is 515 g/mol. The molecule has 0 aliphatic rings. The van der Waals surface area contributed by atoms with Crippen molar-refractivity contribution in [2.45, 2.75) is 25.8 Å². The second-order valence-electron chi connectivity index (χ2n) is 9.32. The number of hydrogen-bond acceptors (Lipinski definition) is 3. The van der Waals surface area contributed by atoms with Crippen LogP contribution in [0.15, 0.2) is 109 Å². The van der Waals surface area contributed by atoms with Gasteiger partial charge in [-0.3, -0.25) is 9.59 Å². The summed E-state index contributed by atoms with van der Waals surface area (Å²) in [5.41, 5.74) is 5.89. The largest absolute Gasteiger partial charge is 0.481 e. The molecular weight excluding hydrogens is 484 g/mol. The van der Waals surface area contributed by atoms with Crippen molar-refractivity contribution in [3.63, 3.8) is 0 Å². The van der Waals surface area contributed by atoms with Crippen LogP contribution in [0.2, 0.25) is 0 Å². The first kappa shape index (κ1) is 27.1. The molecule has 194 valence electrons. The number of benzene rings is 4. The summed E-state index contributed by atoms with van der Waals surface area (Å²) in [4.78, 5) is 25.8. The Morgan fingerprint density at radius 3 is 2.33 bits per heavy atom. The number of carboxylic acid groups (broad SMARTS) is 1. The molecule has 4 rings (SSSR count). The summed E-state index contributed by atoms with van der Waals surface area (Å²) in [7, 11) is 0. The first-order chi connectivity index (χ1) is 19.0. The van der Waals surface area contributed by atoms with Crippen molar-refractivity contribution < 1.29 is 14.7 Å². The molecule has 4 aromatic carbocycles. The molecule has 39 heavy (non-hydrogen) atoms. The number of carboxylic acids is 1. The second kappa shape index (κ2) is 13.0. The van der Waals surface area contributed by atoms with Crippen LogP contribution < -0.4 is 5.32 Å².